The van der Waals surface area contributed by atoms with Crippen LogP contribution in [0.15, 0.2) is 23.2 Å². The number of nitrogen functional groups attached to an aromatic ring is 1. The zero-order chi connectivity index (χ0) is 23.3. The molecular weight excluding hydrogens is 428 g/mol. The van der Waals surface area contributed by atoms with Crippen LogP contribution >= 0.6 is 11.8 Å². The van der Waals surface area contributed by atoms with Crippen molar-refractivity contribution in [1.29, 1.82) is 10.5 Å². The normalized spacial score (nSPS) is 13.8. The third-order valence-corrected chi connectivity index (χ3v) is 6.24. The SMILES string of the molecule is COc1ccc(-c2c(C#N)c(N)nc(SCC(=O)N3CCN(C)CC3)c2C#N)cc1OC. The molecule has 2 aromatic rings. The summed E-state index contributed by atoms with van der Waals surface area (Å²) in [5.74, 6) is 1.08. The van der Waals surface area contributed by atoms with Crippen molar-refractivity contribution in [2.75, 3.05) is 58.9 Å². The van der Waals surface area contributed by atoms with Crippen LogP contribution in [-0.2, 0) is 4.79 Å². The van der Waals surface area contributed by atoms with Crippen LogP contribution in [0.1, 0.15) is 11.1 Å². The lowest BCUT2D eigenvalue weighted by molar-refractivity contribution is -0.129. The standard InChI is InChI=1S/C22H24N6O3S/c1-27-6-8-28(9-7-27)19(29)13-32-22-16(12-24)20(15(11-23)21(25)26-22)14-4-5-17(30-2)18(10-14)31-3/h4-5,10H,6-9,13H2,1-3H3,(H2,25,26). The van der Waals surface area contributed by atoms with Crippen LogP contribution in [-0.4, -0.2) is 73.9 Å². The average Bonchev–Trinajstić information content (AvgIpc) is 2.81. The Balaban J connectivity index is 1.97. The van der Waals surface area contributed by atoms with E-state index in [9.17, 15) is 15.3 Å². The number of amides is 1. The number of nitrogens with zero attached hydrogens (tertiary/aromatic N) is 5. The van der Waals surface area contributed by atoms with Crippen LogP contribution in [0, 0.1) is 22.7 Å². The van der Waals surface area contributed by atoms with E-state index in [1.165, 1.54) is 14.2 Å². The number of aromatic nitrogens is 1. The van der Waals surface area contributed by atoms with E-state index in [2.05, 4.69) is 22.0 Å². The number of carbonyl (C=O) groups excluding carboxylic acids is 1. The van der Waals surface area contributed by atoms with Gasteiger partial charge >= 0.3 is 0 Å². The van der Waals surface area contributed by atoms with E-state index in [1.54, 1.807) is 23.1 Å². The smallest absolute Gasteiger partial charge is 0.233 e. The lowest BCUT2D eigenvalue weighted by Gasteiger charge is -2.32. The van der Waals surface area contributed by atoms with Gasteiger partial charge in [0.25, 0.3) is 0 Å². The molecule has 3 rings (SSSR count). The molecule has 0 bridgehead atoms. The zero-order valence-corrected chi connectivity index (χ0v) is 19.0. The Morgan fingerprint density at radius 1 is 1.12 bits per heavy atom. The second-order valence-electron chi connectivity index (χ2n) is 7.19. The second kappa shape index (κ2) is 10.2. The molecular formula is C22H24N6O3S. The van der Waals surface area contributed by atoms with Gasteiger partial charge in [0.2, 0.25) is 5.91 Å². The Morgan fingerprint density at radius 2 is 1.78 bits per heavy atom. The van der Waals surface area contributed by atoms with E-state index in [-0.39, 0.29) is 28.6 Å². The summed E-state index contributed by atoms with van der Waals surface area (Å²) in [6, 6.07) is 9.29. The van der Waals surface area contributed by atoms with Crippen LogP contribution in [0.25, 0.3) is 11.1 Å². The summed E-state index contributed by atoms with van der Waals surface area (Å²) < 4.78 is 10.6. The van der Waals surface area contributed by atoms with Crippen molar-refractivity contribution in [2.24, 2.45) is 0 Å². The molecule has 1 aromatic heterocycles. The number of hydrogen-bond donors (Lipinski definition) is 1. The third-order valence-electron chi connectivity index (χ3n) is 5.28. The number of nitrogens with two attached hydrogens (primary N) is 1. The van der Waals surface area contributed by atoms with E-state index >= 15 is 0 Å². The average molecular weight is 453 g/mol. The van der Waals surface area contributed by atoms with Gasteiger partial charge in [0, 0.05) is 31.7 Å². The van der Waals surface area contributed by atoms with E-state index < -0.39 is 0 Å². The first kappa shape index (κ1) is 23.2. The molecule has 1 aliphatic heterocycles. The predicted molar refractivity (Wildman–Crippen MR) is 121 cm³/mol. The fraction of sp³-hybridized carbons (Fsp3) is 0.364. The molecule has 1 aliphatic rings. The summed E-state index contributed by atoms with van der Waals surface area (Å²) in [6.45, 7) is 2.98. The van der Waals surface area contributed by atoms with E-state index in [0.717, 1.165) is 24.9 Å². The minimum atomic E-state index is -0.0237. The van der Waals surface area contributed by atoms with Crippen molar-refractivity contribution in [1.82, 2.24) is 14.8 Å². The number of anilines is 1. The fourth-order valence-corrected chi connectivity index (χ4v) is 4.36. The van der Waals surface area contributed by atoms with Crippen LogP contribution in [0.4, 0.5) is 5.82 Å². The maximum Gasteiger partial charge on any atom is 0.233 e. The quantitative estimate of drug-likeness (QED) is 0.654. The van der Waals surface area contributed by atoms with E-state index in [4.69, 9.17) is 15.2 Å². The maximum absolute atomic E-state index is 12.7. The Morgan fingerprint density at radius 3 is 2.38 bits per heavy atom. The van der Waals surface area contributed by atoms with E-state index in [0.29, 0.717) is 40.7 Å². The number of hydrogen-bond acceptors (Lipinski definition) is 9. The molecule has 0 radical (unpaired) electrons. The van der Waals surface area contributed by atoms with Crippen LogP contribution in [0.5, 0.6) is 11.5 Å². The lowest BCUT2D eigenvalue weighted by atomic mass is 9.96. The Kier molecular flexibility index (Phi) is 7.41. The molecule has 1 aromatic carbocycles. The summed E-state index contributed by atoms with van der Waals surface area (Å²) >= 11 is 1.15. The van der Waals surface area contributed by atoms with Gasteiger partial charge in [-0.25, -0.2) is 4.98 Å². The minimum absolute atomic E-state index is 0.00540. The molecule has 166 valence electrons. The Bertz CT molecular complexity index is 1100. The summed E-state index contributed by atoms with van der Waals surface area (Å²) in [5.41, 5.74) is 7.29. The number of thioether (sulfide) groups is 1. The Labute approximate surface area is 191 Å². The lowest BCUT2D eigenvalue weighted by Crippen LogP contribution is -2.47. The first-order valence-corrected chi connectivity index (χ1v) is 10.9. The number of benzene rings is 1. The highest BCUT2D eigenvalue weighted by Crippen LogP contribution is 2.39. The van der Waals surface area contributed by atoms with Crippen molar-refractivity contribution < 1.29 is 14.3 Å². The maximum atomic E-state index is 12.7. The molecule has 10 heteroatoms. The number of piperazine rings is 1. The summed E-state index contributed by atoms with van der Waals surface area (Å²) in [4.78, 5) is 20.9. The second-order valence-corrected chi connectivity index (χ2v) is 8.16. The van der Waals surface area contributed by atoms with Gasteiger partial charge < -0.3 is 25.0 Å². The number of methoxy groups -OCH3 is 2. The largest absolute Gasteiger partial charge is 0.493 e. The highest BCUT2D eigenvalue weighted by atomic mass is 32.2. The molecule has 32 heavy (non-hydrogen) atoms. The van der Waals surface area contributed by atoms with Crippen LogP contribution < -0.4 is 15.2 Å². The number of nitriles is 2. The monoisotopic (exact) mass is 452 g/mol. The number of ether oxygens (including phenoxy) is 2. The molecule has 0 aliphatic carbocycles. The highest BCUT2D eigenvalue weighted by Gasteiger charge is 2.24. The Hall–Kier alpha value is -3.47. The van der Waals surface area contributed by atoms with Crippen molar-refractivity contribution in [3.63, 3.8) is 0 Å². The number of rotatable bonds is 6. The summed E-state index contributed by atoms with van der Waals surface area (Å²) in [5, 5.41) is 19.9. The molecule has 1 fully saturated rings. The zero-order valence-electron chi connectivity index (χ0n) is 18.2. The molecule has 1 amide bonds. The predicted octanol–water partition coefficient (Wildman–Crippen LogP) is 1.96. The van der Waals surface area contributed by atoms with Gasteiger partial charge in [-0.3, -0.25) is 4.79 Å². The van der Waals surface area contributed by atoms with Gasteiger partial charge in [0.1, 0.15) is 28.5 Å². The highest BCUT2D eigenvalue weighted by molar-refractivity contribution is 8.00. The third kappa shape index (κ3) is 4.72. The van der Waals surface area contributed by atoms with Gasteiger partial charge in [-0.2, -0.15) is 10.5 Å². The number of pyridine rings is 1. The molecule has 0 atom stereocenters. The molecule has 1 saturated heterocycles. The summed E-state index contributed by atoms with van der Waals surface area (Å²) in [7, 11) is 5.05. The molecule has 0 saturated carbocycles. The number of carbonyl (C=O) groups is 1. The van der Waals surface area contributed by atoms with Crippen molar-refractivity contribution in [2.45, 2.75) is 5.03 Å². The van der Waals surface area contributed by atoms with Gasteiger partial charge in [0.15, 0.2) is 11.5 Å². The van der Waals surface area contributed by atoms with Crippen LogP contribution in [0.3, 0.4) is 0 Å². The van der Waals surface area contributed by atoms with Crippen molar-refractivity contribution in [3.8, 4) is 34.8 Å². The van der Waals surface area contributed by atoms with Gasteiger partial charge in [-0.1, -0.05) is 17.8 Å². The molecule has 2 N–H and O–H groups in total. The van der Waals surface area contributed by atoms with Gasteiger partial charge in [-0.15, -0.1) is 0 Å². The van der Waals surface area contributed by atoms with Crippen LogP contribution in [0.2, 0.25) is 0 Å². The van der Waals surface area contributed by atoms with Gasteiger partial charge in [-0.05, 0) is 24.7 Å². The first-order chi connectivity index (χ1) is 15.4. The first-order valence-electron chi connectivity index (χ1n) is 9.88. The molecule has 2 heterocycles. The topological polar surface area (TPSA) is 128 Å². The van der Waals surface area contributed by atoms with Gasteiger partial charge in [0.05, 0.1) is 25.5 Å². The van der Waals surface area contributed by atoms with Crippen molar-refractivity contribution >= 4 is 23.5 Å². The van der Waals surface area contributed by atoms with Crippen molar-refractivity contribution in [3.05, 3.63) is 29.3 Å². The fourth-order valence-electron chi connectivity index (χ4n) is 3.46. The van der Waals surface area contributed by atoms with E-state index in [1.807, 2.05) is 7.05 Å². The summed E-state index contributed by atoms with van der Waals surface area (Å²) in [6.07, 6.45) is 0. The number of likely N-dealkylation sites (N-methyl/N-ethyl adjacent to an activating group) is 1. The molecule has 0 spiro atoms. The molecule has 0 unspecified atom stereocenters. The molecule has 9 nitrogen and oxygen atoms in total. The minimum Gasteiger partial charge on any atom is -0.493 e.